The first-order chi connectivity index (χ1) is 10.0. The molecule has 4 unspecified atom stereocenters. The standard InChI is InChI=1S/C17H21NO3/c1-17(16(20)21,13-5-3-2-4-6-13)18-15(19)14-10-11-7-8-12(14)9-11/h2-6,11-12,14H,7-10H2,1H3,(H,18,19)(H,20,21). The zero-order chi connectivity index (χ0) is 15.0. The van der Waals surface area contributed by atoms with Crippen molar-refractivity contribution in [3.63, 3.8) is 0 Å². The third-order valence-electron chi connectivity index (χ3n) is 5.23. The third-order valence-corrected chi connectivity index (χ3v) is 5.23. The van der Waals surface area contributed by atoms with Crippen LogP contribution in [0.3, 0.4) is 0 Å². The van der Waals surface area contributed by atoms with E-state index in [0.29, 0.717) is 17.4 Å². The summed E-state index contributed by atoms with van der Waals surface area (Å²) in [7, 11) is 0. The molecule has 1 aromatic carbocycles. The van der Waals surface area contributed by atoms with Crippen LogP contribution in [-0.2, 0) is 15.1 Å². The maximum Gasteiger partial charge on any atom is 0.333 e. The van der Waals surface area contributed by atoms with Gasteiger partial charge >= 0.3 is 5.97 Å². The number of carbonyl (C=O) groups is 2. The predicted molar refractivity (Wildman–Crippen MR) is 78.5 cm³/mol. The van der Waals surface area contributed by atoms with Gasteiger partial charge in [0.15, 0.2) is 5.54 Å². The van der Waals surface area contributed by atoms with Crippen molar-refractivity contribution in [1.82, 2.24) is 5.32 Å². The largest absolute Gasteiger partial charge is 0.479 e. The van der Waals surface area contributed by atoms with Crippen molar-refractivity contribution in [2.75, 3.05) is 0 Å². The van der Waals surface area contributed by atoms with Gasteiger partial charge in [-0.2, -0.15) is 0 Å². The van der Waals surface area contributed by atoms with Gasteiger partial charge in [0.1, 0.15) is 0 Å². The Labute approximate surface area is 124 Å². The molecule has 21 heavy (non-hydrogen) atoms. The number of fused-ring (bicyclic) bond motifs is 2. The zero-order valence-electron chi connectivity index (χ0n) is 12.2. The lowest BCUT2D eigenvalue weighted by Gasteiger charge is -2.30. The highest BCUT2D eigenvalue weighted by Crippen LogP contribution is 2.48. The molecule has 2 fully saturated rings. The summed E-state index contributed by atoms with van der Waals surface area (Å²) in [5.41, 5.74) is -0.755. The highest BCUT2D eigenvalue weighted by atomic mass is 16.4. The first kappa shape index (κ1) is 14.1. The minimum Gasteiger partial charge on any atom is -0.479 e. The fraction of sp³-hybridized carbons (Fsp3) is 0.529. The molecule has 0 aliphatic heterocycles. The lowest BCUT2D eigenvalue weighted by atomic mass is 9.86. The SMILES string of the molecule is CC(NC(=O)C1CC2CCC1C2)(C(=O)O)c1ccccc1. The van der Waals surface area contributed by atoms with Crippen molar-refractivity contribution in [2.45, 2.75) is 38.1 Å². The van der Waals surface area contributed by atoms with Gasteiger partial charge in [-0.15, -0.1) is 0 Å². The Morgan fingerprint density at radius 3 is 2.43 bits per heavy atom. The number of benzene rings is 1. The second kappa shape index (κ2) is 5.17. The van der Waals surface area contributed by atoms with E-state index in [1.807, 2.05) is 6.07 Å². The van der Waals surface area contributed by atoms with Crippen LogP contribution in [0.5, 0.6) is 0 Å². The molecule has 112 valence electrons. The normalized spacial score (nSPS) is 29.9. The molecule has 3 rings (SSSR count). The molecule has 2 bridgehead atoms. The van der Waals surface area contributed by atoms with E-state index in [9.17, 15) is 14.7 Å². The second-order valence-electron chi connectivity index (χ2n) is 6.57. The number of nitrogens with one attached hydrogen (secondary N) is 1. The summed E-state index contributed by atoms with van der Waals surface area (Å²) in [6.45, 7) is 1.57. The van der Waals surface area contributed by atoms with E-state index >= 15 is 0 Å². The number of rotatable bonds is 4. The van der Waals surface area contributed by atoms with E-state index < -0.39 is 11.5 Å². The molecule has 4 nitrogen and oxygen atoms in total. The molecule has 4 atom stereocenters. The van der Waals surface area contributed by atoms with E-state index in [-0.39, 0.29) is 11.8 Å². The second-order valence-corrected chi connectivity index (χ2v) is 6.57. The van der Waals surface area contributed by atoms with Crippen LogP contribution in [0.2, 0.25) is 0 Å². The van der Waals surface area contributed by atoms with Crippen LogP contribution in [0.15, 0.2) is 30.3 Å². The highest BCUT2D eigenvalue weighted by Gasteiger charge is 2.46. The lowest BCUT2D eigenvalue weighted by molar-refractivity contribution is -0.148. The molecule has 0 spiro atoms. The van der Waals surface area contributed by atoms with Crippen molar-refractivity contribution in [3.8, 4) is 0 Å². The summed E-state index contributed by atoms with van der Waals surface area (Å²) in [6, 6.07) is 8.91. The van der Waals surface area contributed by atoms with Gasteiger partial charge in [-0.25, -0.2) is 4.79 Å². The predicted octanol–water partition coefficient (Wildman–Crippen LogP) is 2.54. The molecule has 4 heteroatoms. The Balaban J connectivity index is 1.80. The monoisotopic (exact) mass is 287 g/mol. The quantitative estimate of drug-likeness (QED) is 0.894. The Kier molecular flexibility index (Phi) is 3.47. The molecule has 2 aliphatic carbocycles. The molecular formula is C17H21NO3. The first-order valence-corrected chi connectivity index (χ1v) is 7.61. The molecule has 0 heterocycles. The van der Waals surface area contributed by atoms with Gasteiger partial charge in [0, 0.05) is 5.92 Å². The van der Waals surface area contributed by atoms with Gasteiger partial charge in [-0.1, -0.05) is 36.8 Å². The third kappa shape index (κ3) is 2.43. The van der Waals surface area contributed by atoms with Crippen LogP contribution in [0.4, 0.5) is 0 Å². The topological polar surface area (TPSA) is 66.4 Å². The van der Waals surface area contributed by atoms with E-state index in [1.165, 1.54) is 6.42 Å². The zero-order valence-corrected chi connectivity index (χ0v) is 12.2. The van der Waals surface area contributed by atoms with Crippen LogP contribution >= 0.6 is 0 Å². The van der Waals surface area contributed by atoms with Gasteiger partial charge in [0.2, 0.25) is 5.91 Å². The lowest BCUT2D eigenvalue weighted by Crippen LogP contribution is -2.52. The molecule has 0 aromatic heterocycles. The summed E-state index contributed by atoms with van der Waals surface area (Å²) in [5.74, 6) is -0.0188. The van der Waals surface area contributed by atoms with Gasteiger partial charge < -0.3 is 10.4 Å². The Morgan fingerprint density at radius 2 is 1.90 bits per heavy atom. The number of carbonyl (C=O) groups excluding carboxylic acids is 1. The van der Waals surface area contributed by atoms with E-state index in [4.69, 9.17) is 0 Å². The van der Waals surface area contributed by atoms with Crippen LogP contribution in [0.1, 0.15) is 38.2 Å². The molecular weight excluding hydrogens is 266 g/mol. The molecule has 2 N–H and O–H groups in total. The van der Waals surface area contributed by atoms with Crippen molar-refractivity contribution in [3.05, 3.63) is 35.9 Å². The highest BCUT2D eigenvalue weighted by molar-refractivity contribution is 5.89. The van der Waals surface area contributed by atoms with Crippen molar-refractivity contribution in [1.29, 1.82) is 0 Å². The number of carboxylic acid groups (broad SMARTS) is 1. The van der Waals surface area contributed by atoms with Crippen LogP contribution < -0.4 is 5.32 Å². The average Bonchev–Trinajstić information content (AvgIpc) is 3.10. The Bertz CT molecular complexity index is 556. The number of aliphatic carboxylic acids is 1. The fourth-order valence-electron chi connectivity index (χ4n) is 3.93. The first-order valence-electron chi connectivity index (χ1n) is 7.61. The van der Waals surface area contributed by atoms with E-state index in [0.717, 1.165) is 19.3 Å². The summed E-state index contributed by atoms with van der Waals surface area (Å²) in [6.07, 6.45) is 4.38. The van der Waals surface area contributed by atoms with Crippen molar-refractivity contribution >= 4 is 11.9 Å². The summed E-state index contributed by atoms with van der Waals surface area (Å²) in [5, 5.41) is 12.4. The van der Waals surface area contributed by atoms with E-state index in [1.54, 1.807) is 31.2 Å². The van der Waals surface area contributed by atoms with Crippen LogP contribution in [0, 0.1) is 17.8 Å². The number of hydrogen-bond donors (Lipinski definition) is 2. The molecule has 2 aliphatic rings. The summed E-state index contributed by atoms with van der Waals surface area (Å²) < 4.78 is 0. The van der Waals surface area contributed by atoms with Gasteiger partial charge in [0.25, 0.3) is 0 Å². The van der Waals surface area contributed by atoms with Crippen molar-refractivity contribution < 1.29 is 14.7 Å². The summed E-state index contributed by atoms with van der Waals surface area (Å²) >= 11 is 0. The minimum absolute atomic E-state index is 0.00821. The number of amides is 1. The van der Waals surface area contributed by atoms with Crippen molar-refractivity contribution in [2.24, 2.45) is 17.8 Å². The molecule has 0 saturated heterocycles. The maximum absolute atomic E-state index is 12.6. The molecule has 1 aromatic rings. The average molecular weight is 287 g/mol. The fourth-order valence-corrected chi connectivity index (χ4v) is 3.93. The molecule has 2 saturated carbocycles. The smallest absolute Gasteiger partial charge is 0.333 e. The van der Waals surface area contributed by atoms with Gasteiger partial charge in [-0.3, -0.25) is 4.79 Å². The number of hydrogen-bond acceptors (Lipinski definition) is 2. The van der Waals surface area contributed by atoms with Gasteiger partial charge in [-0.05, 0) is 43.6 Å². The van der Waals surface area contributed by atoms with E-state index in [2.05, 4.69) is 5.32 Å². The Morgan fingerprint density at radius 1 is 1.19 bits per heavy atom. The number of carboxylic acids is 1. The summed E-state index contributed by atoms with van der Waals surface area (Å²) in [4.78, 5) is 24.3. The Hall–Kier alpha value is -1.84. The van der Waals surface area contributed by atoms with Crippen LogP contribution in [0.25, 0.3) is 0 Å². The van der Waals surface area contributed by atoms with Crippen LogP contribution in [-0.4, -0.2) is 17.0 Å². The molecule has 0 radical (unpaired) electrons. The molecule has 1 amide bonds. The maximum atomic E-state index is 12.6. The minimum atomic E-state index is -1.36. The van der Waals surface area contributed by atoms with Gasteiger partial charge in [0.05, 0.1) is 0 Å².